The Balaban J connectivity index is 0.000000531. The molecule has 0 spiro atoms. The van der Waals surface area contributed by atoms with Crippen LogP contribution >= 0.6 is 0 Å². The molecule has 2 N–H and O–H groups in total. The number of aromatic amines is 2. The van der Waals surface area contributed by atoms with Crippen LogP contribution in [0.4, 0.5) is 0 Å². The van der Waals surface area contributed by atoms with E-state index in [9.17, 15) is 0 Å². The Kier molecular flexibility index (Phi) is 5.91. The molecule has 0 aliphatic carbocycles. The first-order chi connectivity index (χ1) is 13.2. The molecule has 0 aromatic carbocycles. The van der Waals surface area contributed by atoms with Crippen molar-refractivity contribution in [3.63, 3.8) is 0 Å². The molecule has 0 saturated heterocycles. The van der Waals surface area contributed by atoms with Gasteiger partial charge in [0.25, 0.3) is 0 Å². The van der Waals surface area contributed by atoms with Crippen LogP contribution in [-0.2, 0) is 19.5 Å². The van der Waals surface area contributed by atoms with E-state index in [1.54, 1.807) is 0 Å². The second kappa shape index (κ2) is 8.54. The maximum absolute atomic E-state index is 8.00. The van der Waals surface area contributed by atoms with E-state index < -0.39 is 0 Å². The zero-order valence-corrected chi connectivity index (χ0v) is 17.8. The molecule has 0 amide bonds. The van der Waals surface area contributed by atoms with Gasteiger partial charge in [0.05, 0.1) is 22.8 Å². The van der Waals surface area contributed by atoms with E-state index in [1.165, 1.54) is 0 Å². The molecule has 0 atom stereocenters. The van der Waals surface area contributed by atoms with Crippen molar-refractivity contribution < 1.29 is 19.5 Å². The topological polar surface area (TPSA) is 110 Å². The van der Waals surface area contributed by atoms with E-state index in [1.807, 2.05) is 42.5 Å². The largest absolute Gasteiger partial charge is 0.444 e. The zero-order valence-electron chi connectivity index (χ0n) is 14.8. The average Bonchev–Trinajstić information content (AvgIpc) is 3.41. The Morgan fingerprint density at radius 2 is 0.964 bits per heavy atom. The number of H-pyrrole nitrogens is 2. The number of hydrogen-bond acceptors (Lipinski definition) is 5. The third-order valence-electron chi connectivity index (χ3n) is 4.04. The van der Waals surface area contributed by atoms with E-state index in [0.29, 0.717) is 0 Å². The minimum Gasteiger partial charge on any atom is -0.444 e. The first kappa shape index (κ1) is 19.4. The van der Waals surface area contributed by atoms with Crippen LogP contribution in [0.5, 0.6) is 0 Å². The third-order valence-corrected chi connectivity index (χ3v) is 4.04. The zero-order chi connectivity index (χ0) is 18.6. The fourth-order valence-electron chi connectivity index (χ4n) is 2.94. The van der Waals surface area contributed by atoms with Crippen molar-refractivity contribution >= 4 is 46.4 Å². The van der Waals surface area contributed by atoms with Gasteiger partial charge in [0.1, 0.15) is 0 Å². The maximum atomic E-state index is 8.00. The van der Waals surface area contributed by atoms with E-state index in [2.05, 4.69) is 50.3 Å². The Labute approximate surface area is 172 Å². The molecular formula is C20H14N5O2Zn-. The summed E-state index contributed by atoms with van der Waals surface area (Å²) < 4.78 is 0. The van der Waals surface area contributed by atoms with Gasteiger partial charge >= 0.3 is 0 Å². The standard InChI is InChI=1S/C20H14N4.HNO2.Zn/c1-2-14-10-16-5-6-18(23-16)12-20-8-7-19(24-20)11-17-4-3-15(22-17)9-13(1)21-14;2-1-3;/h1-12,21-22H;(H,2,3);/p-1. The number of nitrogens with one attached hydrogen (secondary N) is 2. The van der Waals surface area contributed by atoms with Crippen molar-refractivity contribution in [2.45, 2.75) is 0 Å². The fraction of sp³-hybridized carbons (Fsp3) is 0. The molecule has 0 saturated carbocycles. The van der Waals surface area contributed by atoms with E-state index in [4.69, 9.17) is 10.1 Å². The summed E-state index contributed by atoms with van der Waals surface area (Å²) in [5, 5.41) is 9.00. The predicted octanol–water partition coefficient (Wildman–Crippen LogP) is 4.90. The molecule has 0 radical (unpaired) electrons. The van der Waals surface area contributed by atoms with Crippen LogP contribution in [0.15, 0.2) is 53.9 Å². The second-order valence-corrected chi connectivity index (χ2v) is 5.98. The van der Waals surface area contributed by atoms with Gasteiger partial charge in [0, 0.05) is 41.5 Å². The summed E-state index contributed by atoms with van der Waals surface area (Å²) in [6.45, 7) is 0. The molecule has 2 aliphatic rings. The third kappa shape index (κ3) is 4.47. The summed E-state index contributed by atoms with van der Waals surface area (Å²) in [6, 6.07) is 16.4. The van der Waals surface area contributed by atoms with Crippen molar-refractivity contribution in [1.29, 1.82) is 0 Å². The van der Waals surface area contributed by atoms with Crippen LogP contribution in [0.1, 0.15) is 22.8 Å². The Morgan fingerprint density at radius 1 is 0.643 bits per heavy atom. The maximum Gasteiger partial charge on any atom is 0.0659 e. The monoisotopic (exact) mass is 420 g/mol. The van der Waals surface area contributed by atoms with Crippen molar-refractivity contribution in [2.75, 3.05) is 0 Å². The van der Waals surface area contributed by atoms with E-state index >= 15 is 0 Å². The van der Waals surface area contributed by atoms with Crippen molar-refractivity contribution in [3.05, 3.63) is 81.4 Å². The van der Waals surface area contributed by atoms with Gasteiger partial charge in [0.15, 0.2) is 0 Å². The molecule has 0 unspecified atom stereocenters. The van der Waals surface area contributed by atoms with Gasteiger partial charge in [-0.3, -0.25) is 0 Å². The van der Waals surface area contributed by atoms with Crippen LogP contribution in [0.3, 0.4) is 0 Å². The van der Waals surface area contributed by atoms with Crippen LogP contribution < -0.4 is 0 Å². The summed E-state index contributed by atoms with van der Waals surface area (Å²) in [5.74, 6) is 0. The molecule has 134 valence electrons. The SMILES string of the molecule is C1=Cc2cc3ccc(cc4ccc(cc5nc(cc1n2)C=C5)[nH]4)[nH]3.O=N[O-].[Zn]. The molecule has 3 aromatic rings. The first-order valence-corrected chi connectivity index (χ1v) is 8.21. The molecule has 8 heteroatoms. The molecule has 3 aromatic heterocycles. The van der Waals surface area contributed by atoms with Crippen molar-refractivity contribution in [3.8, 4) is 0 Å². The van der Waals surface area contributed by atoms with Gasteiger partial charge in [-0.2, -0.15) is 0 Å². The van der Waals surface area contributed by atoms with Crippen LogP contribution in [0, 0.1) is 10.1 Å². The van der Waals surface area contributed by atoms with Gasteiger partial charge in [-0.1, -0.05) is 0 Å². The molecule has 5 rings (SSSR count). The molecule has 2 aliphatic heterocycles. The summed E-state index contributed by atoms with van der Waals surface area (Å²) in [7, 11) is 0. The van der Waals surface area contributed by atoms with Crippen molar-refractivity contribution in [2.24, 2.45) is 5.34 Å². The smallest absolute Gasteiger partial charge is 0.0659 e. The Bertz CT molecular complexity index is 1140. The molecule has 8 bridgehead atoms. The predicted molar refractivity (Wildman–Crippen MR) is 108 cm³/mol. The average molecular weight is 422 g/mol. The van der Waals surface area contributed by atoms with Crippen LogP contribution in [-0.4, -0.2) is 19.9 Å². The van der Waals surface area contributed by atoms with Crippen LogP contribution in [0.2, 0.25) is 0 Å². The van der Waals surface area contributed by atoms with Gasteiger partial charge < -0.3 is 20.1 Å². The first-order valence-electron chi connectivity index (χ1n) is 8.21. The Hall–Kier alpha value is -3.38. The van der Waals surface area contributed by atoms with Gasteiger partial charge in [0.2, 0.25) is 0 Å². The van der Waals surface area contributed by atoms with Gasteiger partial charge in [-0.15, -0.1) is 5.34 Å². The summed E-state index contributed by atoms with van der Waals surface area (Å²) in [5.41, 5.74) is 7.86. The summed E-state index contributed by atoms with van der Waals surface area (Å²) in [4.78, 5) is 24.0. The van der Waals surface area contributed by atoms with E-state index in [0.717, 1.165) is 50.2 Å². The minimum absolute atomic E-state index is 0. The van der Waals surface area contributed by atoms with Gasteiger partial charge in [-0.05, 0) is 72.8 Å². The molecule has 7 nitrogen and oxygen atoms in total. The van der Waals surface area contributed by atoms with Gasteiger partial charge in [-0.25, -0.2) is 9.97 Å². The minimum atomic E-state index is 0. The number of aromatic nitrogens is 4. The number of rotatable bonds is 0. The quantitative estimate of drug-likeness (QED) is 0.210. The number of fused-ring (bicyclic) bond motifs is 8. The summed E-state index contributed by atoms with van der Waals surface area (Å²) in [6.07, 6.45) is 8.05. The molecule has 5 heterocycles. The fourth-order valence-corrected chi connectivity index (χ4v) is 2.94. The Morgan fingerprint density at radius 3 is 1.36 bits per heavy atom. The number of hydrogen-bond donors (Lipinski definition) is 2. The number of nitrogens with zero attached hydrogens (tertiary/aromatic N) is 3. The van der Waals surface area contributed by atoms with Crippen LogP contribution in [0.25, 0.3) is 46.4 Å². The molecule has 0 fully saturated rings. The van der Waals surface area contributed by atoms with E-state index in [-0.39, 0.29) is 19.5 Å². The molecule has 28 heavy (non-hydrogen) atoms. The second-order valence-electron chi connectivity index (χ2n) is 5.98. The molecular weight excluding hydrogens is 408 g/mol. The van der Waals surface area contributed by atoms with Crippen molar-refractivity contribution in [1.82, 2.24) is 19.9 Å². The summed E-state index contributed by atoms with van der Waals surface area (Å²) >= 11 is 0. The normalized spacial score (nSPS) is 11.3.